The van der Waals surface area contributed by atoms with Gasteiger partial charge in [0.1, 0.15) is 17.4 Å². The Kier molecular flexibility index (Phi) is 6.74. The Labute approximate surface area is 219 Å². The number of methoxy groups -OCH3 is 3. The first-order valence-electron chi connectivity index (χ1n) is 11.5. The molecule has 0 unspecified atom stereocenters. The molecule has 1 aliphatic rings. The third kappa shape index (κ3) is 4.59. The number of halogens is 1. The third-order valence-corrected chi connectivity index (χ3v) is 6.37. The van der Waals surface area contributed by atoms with Crippen LogP contribution in [0.2, 0.25) is 5.02 Å². The molecule has 37 heavy (non-hydrogen) atoms. The second-order valence-electron chi connectivity index (χ2n) is 8.25. The molecule has 1 aliphatic heterocycles. The van der Waals surface area contributed by atoms with Crippen molar-refractivity contribution in [3.63, 3.8) is 0 Å². The van der Waals surface area contributed by atoms with Crippen LogP contribution in [0.5, 0.6) is 17.2 Å². The first kappa shape index (κ1) is 24.3. The molecule has 2 N–H and O–H groups in total. The minimum Gasteiger partial charge on any atom is -0.493 e. The van der Waals surface area contributed by atoms with Gasteiger partial charge in [-0.15, -0.1) is 0 Å². The number of allylic oxidation sites excluding steroid dienone is 1. The van der Waals surface area contributed by atoms with Gasteiger partial charge in [-0.05, 0) is 48.0 Å². The fourth-order valence-corrected chi connectivity index (χ4v) is 4.48. The van der Waals surface area contributed by atoms with Gasteiger partial charge in [0.2, 0.25) is 5.75 Å². The van der Waals surface area contributed by atoms with Gasteiger partial charge in [-0.2, -0.15) is 5.10 Å². The maximum atomic E-state index is 13.3. The van der Waals surface area contributed by atoms with E-state index >= 15 is 0 Å². The molecule has 0 spiro atoms. The van der Waals surface area contributed by atoms with E-state index < -0.39 is 6.04 Å². The van der Waals surface area contributed by atoms with E-state index in [1.165, 1.54) is 0 Å². The number of hydrogen-bond donors (Lipinski definition) is 2. The summed E-state index contributed by atoms with van der Waals surface area (Å²) in [5.41, 5.74) is 3.56. The van der Waals surface area contributed by atoms with Gasteiger partial charge in [0.05, 0.1) is 27.5 Å². The van der Waals surface area contributed by atoms with E-state index in [9.17, 15) is 4.79 Å². The number of nitrogens with zero attached hydrogens (tertiary/aromatic N) is 2. The average molecular weight is 517 g/mol. The Hall–Kier alpha value is -4.43. The Morgan fingerprint density at radius 2 is 1.68 bits per heavy atom. The van der Waals surface area contributed by atoms with Crippen LogP contribution in [-0.4, -0.2) is 37.0 Å². The molecule has 3 aromatic carbocycles. The van der Waals surface area contributed by atoms with Crippen LogP contribution in [0.25, 0.3) is 5.70 Å². The molecule has 8 nitrogen and oxygen atoms in total. The number of rotatable bonds is 7. The SMILES string of the molecule is COc1ccc([C@H]2C=C(c3ccc(Cl)cc3)Nc3c(C(=O)Nc4ccccc4)cnn32)c(OC)c1OC. The van der Waals surface area contributed by atoms with Gasteiger partial charge in [-0.1, -0.05) is 41.9 Å². The number of para-hydroxylation sites is 1. The quantitative estimate of drug-likeness (QED) is 0.319. The Morgan fingerprint density at radius 3 is 2.35 bits per heavy atom. The number of aromatic nitrogens is 2. The first-order valence-corrected chi connectivity index (χ1v) is 11.9. The van der Waals surface area contributed by atoms with E-state index in [-0.39, 0.29) is 5.91 Å². The molecule has 4 aromatic rings. The zero-order valence-electron chi connectivity index (χ0n) is 20.5. The van der Waals surface area contributed by atoms with Crippen LogP contribution < -0.4 is 24.8 Å². The lowest BCUT2D eigenvalue weighted by molar-refractivity contribution is 0.102. The largest absolute Gasteiger partial charge is 0.493 e. The summed E-state index contributed by atoms with van der Waals surface area (Å²) in [5.74, 6) is 1.79. The van der Waals surface area contributed by atoms with E-state index in [1.54, 1.807) is 32.2 Å². The summed E-state index contributed by atoms with van der Waals surface area (Å²) < 4.78 is 18.6. The fraction of sp³-hybridized carbons (Fsp3) is 0.143. The number of ether oxygens (including phenoxy) is 3. The van der Waals surface area contributed by atoms with Crippen molar-refractivity contribution in [2.24, 2.45) is 0 Å². The summed E-state index contributed by atoms with van der Waals surface area (Å²) in [4.78, 5) is 13.3. The van der Waals surface area contributed by atoms with Crippen LogP contribution in [0.3, 0.4) is 0 Å². The van der Waals surface area contributed by atoms with E-state index in [4.69, 9.17) is 25.8 Å². The van der Waals surface area contributed by atoms with Gasteiger partial charge in [0, 0.05) is 22.0 Å². The maximum absolute atomic E-state index is 13.3. The van der Waals surface area contributed by atoms with Crippen LogP contribution in [-0.2, 0) is 0 Å². The third-order valence-electron chi connectivity index (χ3n) is 6.12. The van der Waals surface area contributed by atoms with Crippen molar-refractivity contribution in [1.82, 2.24) is 9.78 Å². The first-order chi connectivity index (χ1) is 18.0. The molecule has 0 fully saturated rings. The number of amides is 1. The van der Waals surface area contributed by atoms with Crippen molar-refractivity contribution in [3.05, 3.63) is 101 Å². The van der Waals surface area contributed by atoms with Crippen LogP contribution in [0.15, 0.2) is 79.0 Å². The summed E-state index contributed by atoms with van der Waals surface area (Å²) in [6, 6.07) is 20.1. The predicted octanol–water partition coefficient (Wildman–Crippen LogP) is 5.87. The smallest absolute Gasteiger partial charge is 0.261 e. The molecule has 1 atom stereocenters. The van der Waals surface area contributed by atoms with Crippen molar-refractivity contribution in [2.45, 2.75) is 6.04 Å². The molecule has 0 saturated carbocycles. The second-order valence-corrected chi connectivity index (χ2v) is 8.69. The van der Waals surface area contributed by atoms with Crippen LogP contribution in [0.1, 0.15) is 27.5 Å². The molecule has 0 aliphatic carbocycles. The minimum atomic E-state index is -0.421. The molecule has 0 radical (unpaired) electrons. The number of carbonyl (C=O) groups is 1. The number of hydrogen-bond acceptors (Lipinski definition) is 6. The number of benzene rings is 3. The molecule has 1 aromatic heterocycles. The standard InChI is InChI=1S/C28H25ClN4O4/c1-35-24-14-13-20(25(36-2)26(24)37-3)23-15-22(17-9-11-18(29)12-10-17)32-27-21(16-30-33(23)27)28(34)31-19-7-5-4-6-8-19/h4-16,23,32H,1-3H3,(H,31,34)/t23-/m1/s1. The summed E-state index contributed by atoms with van der Waals surface area (Å²) in [7, 11) is 4.71. The highest BCUT2D eigenvalue weighted by molar-refractivity contribution is 6.30. The van der Waals surface area contributed by atoms with E-state index in [1.807, 2.05) is 72.8 Å². The van der Waals surface area contributed by atoms with Gasteiger partial charge in [-0.25, -0.2) is 4.68 Å². The molecule has 1 amide bonds. The lowest BCUT2D eigenvalue weighted by Crippen LogP contribution is -2.22. The Balaban J connectivity index is 1.64. The zero-order valence-corrected chi connectivity index (χ0v) is 21.2. The molecule has 188 valence electrons. The summed E-state index contributed by atoms with van der Waals surface area (Å²) in [6.07, 6.45) is 3.57. The van der Waals surface area contributed by atoms with Crippen molar-refractivity contribution >= 4 is 34.7 Å². The number of nitrogens with one attached hydrogen (secondary N) is 2. The van der Waals surface area contributed by atoms with Gasteiger partial charge >= 0.3 is 0 Å². The lowest BCUT2D eigenvalue weighted by atomic mass is 9.99. The topological polar surface area (TPSA) is 86.6 Å². The van der Waals surface area contributed by atoms with E-state index in [0.717, 1.165) is 16.8 Å². The minimum absolute atomic E-state index is 0.282. The van der Waals surface area contributed by atoms with Crippen molar-refractivity contribution in [1.29, 1.82) is 0 Å². The highest BCUT2D eigenvalue weighted by Crippen LogP contribution is 2.45. The zero-order chi connectivity index (χ0) is 25.9. The maximum Gasteiger partial charge on any atom is 0.261 e. The summed E-state index contributed by atoms with van der Waals surface area (Å²) in [5, 5.41) is 11.6. The Morgan fingerprint density at radius 1 is 0.946 bits per heavy atom. The van der Waals surface area contributed by atoms with Crippen molar-refractivity contribution < 1.29 is 19.0 Å². The van der Waals surface area contributed by atoms with Crippen LogP contribution in [0.4, 0.5) is 11.5 Å². The highest BCUT2D eigenvalue weighted by atomic mass is 35.5. The molecular formula is C28H25ClN4O4. The number of anilines is 2. The molecule has 2 heterocycles. The van der Waals surface area contributed by atoms with Crippen LogP contribution >= 0.6 is 11.6 Å². The van der Waals surface area contributed by atoms with Gasteiger partial charge in [0.25, 0.3) is 5.91 Å². The van der Waals surface area contributed by atoms with E-state index in [2.05, 4.69) is 15.7 Å². The fourth-order valence-electron chi connectivity index (χ4n) is 4.36. The Bertz CT molecular complexity index is 1470. The molecular weight excluding hydrogens is 492 g/mol. The molecule has 0 bridgehead atoms. The van der Waals surface area contributed by atoms with Gasteiger partial charge in [-0.3, -0.25) is 4.79 Å². The predicted molar refractivity (Wildman–Crippen MR) is 144 cm³/mol. The summed E-state index contributed by atoms with van der Waals surface area (Å²) >= 11 is 6.13. The molecule has 5 rings (SSSR count). The van der Waals surface area contributed by atoms with E-state index in [0.29, 0.717) is 39.3 Å². The van der Waals surface area contributed by atoms with Gasteiger partial charge in [0.15, 0.2) is 11.5 Å². The average Bonchev–Trinajstić information content (AvgIpc) is 3.37. The molecule has 0 saturated heterocycles. The summed E-state index contributed by atoms with van der Waals surface area (Å²) in [6.45, 7) is 0. The van der Waals surface area contributed by atoms with Crippen molar-refractivity contribution in [3.8, 4) is 17.2 Å². The highest BCUT2D eigenvalue weighted by Gasteiger charge is 2.31. The number of fused-ring (bicyclic) bond motifs is 1. The lowest BCUT2D eigenvalue weighted by Gasteiger charge is -2.28. The normalized spacial score (nSPS) is 14.2. The molecule has 9 heteroatoms. The monoisotopic (exact) mass is 516 g/mol. The van der Waals surface area contributed by atoms with Gasteiger partial charge < -0.3 is 24.8 Å². The van der Waals surface area contributed by atoms with Crippen molar-refractivity contribution in [2.75, 3.05) is 32.0 Å². The second kappa shape index (κ2) is 10.3. The number of carbonyl (C=O) groups excluding carboxylic acids is 1. The van der Waals surface area contributed by atoms with Crippen LogP contribution in [0, 0.1) is 0 Å².